The van der Waals surface area contributed by atoms with E-state index in [9.17, 15) is 19.5 Å². The summed E-state index contributed by atoms with van der Waals surface area (Å²) in [6, 6.07) is 16.0. The molecule has 0 unspecified atom stereocenters. The van der Waals surface area contributed by atoms with E-state index in [0.717, 1.165) is 27.7 Å². The Bertz CT molecular complexity index is 1580. The number of benzene rings is 2. The molecule has 2 atom stereocenters. The molecule has 2 bridgehead atoms. The van der Waals surface area contributed by atoms with Crippen LogP contribution in [0.1, 0.15) is 40.7 Å². The van der Waals surface area contributed by atoms with Crippen molar-refractivity contribution in [1.29, 1.82) is 0 Å². The standard InChI is InChI=1S/C32H37N5O6/c1-20(38)30-31(40)34-14-12-23-22-7-3-4-8-24(22)35-26(23)17-21-10-11-27(42-2)28(18-21)43-16-6-15-37(19-29(39)36-30)32(41)25-9-5-13-33-25/h3-5,7-11,13,18,20,30,33,35,38H,6,12,14-17,19H2,1-2H3,(H,34,40)(H,36,39)/t20-,30+/m1/s1. The number of aliphatic hydroxyl groups is 1. The van der Waals surface area contributed by atoms with Crippen molar-refractivity contribution in [3.63, 3.8) is 0 Å². The molecule has 5 rings (SSSR count). The zero-order chi connectivity index (χ0) is 30.3. The van der Waals surface area contributed by atoms with Crippen molar-refractivity contribution in [1.82, 2.24) is 25.5 Å². The molecule has 3 heterocycles. The summed E-state index contributed by atoms with van der Waals surface area (Å²) in [5.74, 6) is -0.247. The Hall–Kier alpha value is -4.77. The van der Waals surface area contributed by atoms with Crippen LogP contribution in [-0.2, 0) is 22.4 Å². The normalized spacial score (nSPS) is 17.8. The maximum atomic E-state index is 13.2. The average molecular weight is 588 g/mol. The maximum absolute atomic E-state index is 13.2. The van der Waals surface area contributed by atoms with Crippen molar-refractivity contribution in [2.75, 3.05) is 33.4 Å². The van der Waals surface area contributed by atoms with Crippen LogP contribution in [0.2, 0.25) is 0 Å². The molecule has 3 amide bonds. The van der Waals surface area contributed by atoms with Gasteiger partial charge in [0.15, 0.2) is 11.5 Å². The second-order valence-electron chi connectivity index (χ2n) is 10.6. The van der Waals surface area contributed by atoms with Gasteiger partial charge in [0, 0.05) is 42.3 Å². The highest BCUT2D eigenvalue weighted by atomic mass is 16.5. The first-order chi connectivity index (χ1) is 20.8. The molecule has 11 nitrogen and oxygen atoms in total. The number of amides is 3. The summed E-state index contributed by atoms with van der Waals surface area (Å²) in [5, 5.41) is 16.9. The van der Waals surface area contributed by atoms with Gasteiger partial charge in [0.25, 0.3) is 5.91 Å². The Morgan fingerprint density at radius 3 is 2.74 bits per heavy atom. The lowest BCUT2D eigenvalue weighted by Gasteiger charge is -2.25. The van der Waals surface area contributed by atoms with Crippen molar-refractivity contribution in [3.8, 4) is 11.5 Å². The van der Waals surface area contributed by atoms with E-state index in [2.05, 4.69) is 20.6 Å². The molecule has 43 heavy (non-hydrogen) atoms. The second-order valence-corrected chi connectivity index (χ2v) is 10.6. The Kier molecular flexibility index (Phi) is 9.31. The summed E-state index contributed by atoms with van der Waals surface area (Å²) in [4.78, 5) is 47.2. The summed E-state index contributed by atoms with van der Waals surface area (Å²) < 4.78 is 11.7. The molecule has 0 fully saturated rings. The number of hydrogen-bond acceptors (Lipinski definition) is 6. The first kappa shape index (κ1) is 29.7. The predicted octanol–water partition coefficient (Wildman–Crippen LogP) is 2.54. The number of rotatable bonds is 3. The van der Waals surface area contributed by atoms with E-state index in [4.69, 9.17) is 9.47 Å². The van der Waals surface area contributed by atoms with Gasteiger partial charge in [-0.15, -0.1) is 0 Å². The molecule has 226 valence electrons. The Morgan fingerprint density at radius 1 is 1.14 bits per heavy atom. The number of aliphatic hydroxyl groups excluding tert-OH is 1. The minimum absolute atomic E-state index is 0.219. The van der Waals surface area contributed by atoms with Gasteiger partial charge in [0.1, 0.15) is 11.7 Å². The van der Waals surface area contributed by atoms with Crippen molar-refractivity contribution in [2.45, 2.75) is 38.3 Å². The molecule has 1 aliphatic rings. The molecule has 0 saturated heterocycles. The van der Waals surface area contributed by atoms with Gasteiger partial charge in [-0.2, -0.15) is 0 Å². The van der Waals surface area contributed by atoms with Gasteiger partial charge < -0.3 is 40.1 Å². The smallest absolute Gasteiger partial charge is 0.270 e. The number of methoxy groups -OCH3 is 1. The molecule has 0 radical (unpaired) electrons. The highest BCUT2D eigenvalue weighted by Crippen LogP contribution is 2.31. The number of nitrogens with zero attached hydrogens (tertiary/aromatic N) is 1. The molecule has 1 aliphatic heterocycles. The molecular formula is C32H37N5O6. The van der Waals surface area contributed by atoms with E-state index in [1.54, 1.807) is 25.4 Å². The van der Waals surface area contributed by atoms with Gasteiger partial charge in [0.05, 0.1) is 26.4 Å². The molecule has 4 aromatic rings. The van der Waals surface area contributed by atoms with Crippen LogP contribution in [0.5, 0.6) is 11.5 Å². The van der Waals surface area contributed by atoms with Gasteiger partial charge >= 0.3 is 0 Å². The lowest BCUT2D eigenvalue weighted by Crippen LogP contribution is -2.55. The minimum atomic E-state index is -1.18. The number of carbonyl (C=O) groups excluding carboxylic acids is 3. The first-order valence-electron chi connectivity index (χ1n) is 14.4. The fraction of sp³-hybridized carbons (Fsp3) is 0.344. The summed E-state index contributed by atoms with van der Waals surface area (Å²) >= 11 is 0. The lowest BCUT2D eigenvalue weighted by molar-refractivity contribution is -0.131. The third-order valence-electron chi connectivity index (χ3n) is 7.55. The second kappa shape index (κ2) is 13.5. The molecule has 2 aromatic carbocycles. The molecule has 2 aromatic heterocycles. The topological polar surface area (TPSA) is 149 Å². The van der Waals surface area contributed by atoms with Crippen LogP contribution in [0.25, 0.3) is 10.9 Å². The third-order valence-corrected chi connectivity index (χ3v) is 7.55. The molecule has 5 N–H and O–H groups in total. The zero-order valence-electron chi connectivity index (χ0n) is 24.3. The van der Waals surface area contributed by atoms with E-state index in [1.165, 1.54) is 11.8 Å². The quantitative estimate of drug-likeness (QED) is 0.249. The maximum Gasteiger partial charge on any atom is 0.270 e. The zero-order valence-corrected chi connectivity index (χ0v) is 24.3. The lowest BCUT2D eigenvalue weighted by atomic mass is 10.0. The van der Waals surface area contributed by atoms with Crippen LogP contribution in [0.3, 0.4) is 0 Å². The fourth-order valence-electron chi connectivity index (χ4n) is 5.38. The van der Waals surface area contributed by atoms with Crippen LogP contribution in [0.4, 0.5) is 0 Å². The van der Waals surface area contributed by atoms with E-state index in [0.29, 0.717) is 43.0 Å². The Labute approximate surface area is 249 Å². The molecule has 0 aliphatic carbocycles. The summed E-state index contributed by atoms with van der Waals surface area (Å²) in [6.07, 6.45) is 2.04. The minimum Gasteiger partial charge on any atom is -0.493 e. The summed E-state index contributed by atoms with van der Waals surface area (Å²) in [6.45, 7) is 1.93. The molecule has 0 saturated carbocycles. The highest BCUT2D eigenvalue weighted by molar-refractivity contribution is 5.96. The number of ether oxygens (including phenoxy) is 2. The van der Waals surface area contributed by atoms with E-state index < -0.39 is 24.0 Å². The first-order valence-corrected chi connectivity index (χ1v) is 14.4. The van der Waals surface area contributed by atoms with Crippen LogP contribution in [0.15, 0.2) is 60.8 Å². The number of aromatic nitrogens is 2. The van der Waals surface area contributed by atoms with Crippen LogP contribution >= 0.6 is 0 Å². The van der Waals surface area contributed by atoms with Gasteiger partial charge in [-0.25, -0.2) is 0 Å². The van der Waals surface area contributed by atoms with Crippen LogP contribution in [0, 0.1) is 0 Å². The molecule has 11 heteroatoms. The Morgan fingerprint density at radius 2 is 1.98 bits per heavy atom. The summed E-state index contributed by atoms with van der Waals surface area (Å²) in [7, 11) is 1.59. The van der Waals surface area contributed by atoms with Gasteiger partial charge in [-0.1, -0.05) is 24.3 Å². The number of aromatic amines is 2. The molecule has 0 spiro atoms. The number of carbonyl (C=O) groups is 3. The van der Waals surface area contributed by atoms with Gasteiger partial charge in [-0.3, -0.25) is 14.4 Å². The number of para-hydroxylation sites is 1. The molecular weight excluding hydrogens is 550 g/mol. The predicted molar refractivity (Wildman–Crippen MR) is 161 cm³/mol. The number of nitrogens with one attached hydrogen (secondary N) is 4. The largest absolute Gasteiger partial charge is 0.493 e. The summed E-state index contributed by atoms with van der Waals surface area (Å²) in [5.41, 5.74) is 4.44. The van der Waals surface area contributed by atoms with Crippen molar-refractivity contribution >= 4 is 28.6 Å². The van der Waals surface area contributed by atoms with Gasteiger partial charge in [0.2, 0.25) is 11.8 Å². The van der Waals surface area contributed by atoms with Gasteiger partial charge in [-0.05, 0) is 61.2 Å². The van der Waals surface area contributed by atoms with Crippen LogP contribution in [-0.4, -0.2) is 83.2 Å². The van der Waals surface area contributed by atoms with Crippen LogP contribution < -0.4 is 20.1 Å². The number of H-pyrrole nitrogens is 2. The monoisotopic (exact) mass is 587 g/mol. The van der Waals surface area contributed by atoms with E-state index in [1.807, 2.05) is 42.5 Å². The van der Waals surface area contributed by atoms with E-state index in [-0.39, 0.29) is 25.6 Å². The SMILES string of the molecule is COc1ccc2cc1OCCCN(C(=O)c1ccc[nH]1)CC(=O)N[C@@H]([C@@H](C)O)C(=O)NCCc1c([nH]c3ccccc13)C2. The number of fused-ring (bicyclic) bond motifs is 5. The average Bonchev–Trinajstić information content (AvgIpc) is 3.65. The fourth-order valence-corrected chi connectivity index (χ4v) is 5.38. The van der Waals surface area contributed by atoms with Crippen molar-refractivity contribution < 1.29 is 29.0 Å². The third kappa shape index (κ3) is 7.00. The highest BCUT2D eigenvalue weighted by Gasteiger charge is 2.28. The van der Waals surface area contributed by atoms with Crippen molar-refractivity contribution in [3.05, 3.63) is 83.3 Å². The van der Waals surface area contributed by atoms with E-state index >= 15 is 0 Å². The Balaban J connectivity index is 1.45. The number of hydrogen-bond donors (Lipinski definition) is 5. The van der Waals surface area contributed by atoms with Crippen molar-refractivity contribution in [2.24, 2.45) is 0 Å².